The van der Waals surface area contributed by atoms with Gasteiger partial charge >= 0.3 is 11.9 Å². The smallest absolute Gasteiger partial charge is 0.343 e. The summed E-state index contributed by atoms with van der Waals surface area (Å²) in [6, 6.07) is 35.3. The Morgan fingerprint density at radius 2 is 0.900 bits per heavy atom. The molecule has 0 spiro atoms. The Bertz CT molecular complexity index is 2020. The van der Waals surface area contributed by atoms with E-state index in [2.05, 4.69) is 23.8 Å². The number of benzene rings is 5. The third-order valence-electron chi connectivity index (χ3n) is 9.73. The number of unbranched alkanes of at least 4 members (excludes halogenated alkanes) is 10. The third-order valence-corrected chi connectivity index (χ3v) is 9.73. The number of nitrogens with zero attached hydrogens (tertiary/aromatic N) is 3. The molecule has 9 heteroatoms. The van der Waals surface area contributed by atoms with Crippen LogP contribution in [0.3, 0.4) is 0 Å². The van der Waals surface area contributed by atoms with Gasteiger partial charge in [-0.1, -0.05) is 108 Å². The zero-order valence-corrected chi connectivity index (χ0v) is 34.8. The van der Waals surface area contributed by atoms with Gasteiger partial charge in [0.05, 0.1) is 35.7 Å². The molecule has 0 aromatic heterocycles. The summed E-state index contributed by atoms with van der Waals surface area (Å²) in [4.78, 5) is 35.2. The van der Waals surface area contributed by atoms with Gasteiger partial charge in [0, 0.05) is 12.4 Å². The first kappa shape index (κ1) is 44.6. The zero-order valence-electron chi connectivity index (χ0n) is 34.8. The van der Waals surface area contributed by atoms with E-state index in [1.165, 1.54) is 76.3 Å². The standard InChI is InChI=1S/C51H55N3O6/c1-3-5-7-9-11-13-34-57-45-30-26-43(27-31-45)53-37-39-18-22-41(23-19-39)50(55)59-48-16-15-17-49(47(48)36-52)60-51(56)42-24-20-40(21-25-42)38-54-44-28-32-46(33-29-44)58-35-14-12-10-8-6-4-2/h15-33,37-38H,3-14,34-35H2,1-2H3. The molecular formula is C51H55N3O6. The van der Waals surface area contributed by atoms with Crippen molar-refractivity contribution >= 4 is 35.7 Å². The van der Waals surface area contributed by atoms with Crippen LogP contribution in [0, 0.1) is 11.3 Å². The lowest BCUT2D eigenvalue weighted by Gasteiger charge is -2.10. The highest BCUT2D eigenvalue weighted by Crippen LogP contribution is 2.29. The number of aliphatic imine (C=N–C) groups is 2. The van der Waals surface area contributed by atoms with Gasteiger partial charge in [-0.2, -0.15) is 5.26 Å². The van der Waals surface area contributed by atoms with Gasteiger partial charge < -0.3 is 18.9 Å². The van der Waals surface area contributed by atoms with Crippen molar-refractivity contribution in [2.45, 2.75) is 90.9 Å². The summed E-state index contributed by atoms with van der Waals surface area (Å²) in [5.41, 5.74) is 3.60. The Balaban J connectivity index is 1.08. The molecule has 0 heterocycles. The van der Waals surface area contributed by atoms with Gasteiger partial charge in [-0.15, -0.1) is 0 Å². The molecule has 0 atom stereocenters. The van der Waals surface area contributed by atoms with Crippen molar-refractivity contribution in [3.05, 3.63) is 143 Å². The molecule has 0 aliphatic heterocycles. The van der Waals surface area contributed by atoms with Crippen LogP contribution < -0.4 is 18.9 Å². The quantitative estimate of drug-likeness (QED) is 0.0263. The molecule has 0 bridgehead atoms. The molecular weight excluding hydrogens is 751 g/mol. The number of rotatable bonds is 24. The Hall–Kier alpha value is -6.53. The van der Waals surface area contributed by atoms with Gasteiger partial charge in [-0.05, 0) is 109 Å². The fourth-order valence-corrected chi connectivity index (χ4v) is 6.22. The Morgan fingerprint density at radius 1 is 0.517 bits per heavy atom. The maximum atomic E-state index is 13.1. The largest absolute Gasteiger partial charge is 0.494 e. The van der Waals surface area contributed by atoms with Gasteiger partial charge in [0.25, 0.3) is 0 Å². The number of carbonyl (C=O) groups excluding carboxylic acids is 2. The van der Waals surface area contributed by atoms with Gasteiger partial charge in [-0.25, -0.2) is 9.59 Å². The molecule has 5 aromatic rings. The first-order valence-electron chi connectivity index (χ1n) is 21.2. The maximum absolute atomic E-state index is 13.1. The first-order chi connectivity index (χ1) is 29.4. The van der Waals surface area contributed by atoms with E-state index in [1.54, 1.807) is 67.0 Å². The van der Waals surface area contributed by atoms with E-state index >= 15 is 0 Å². The Kier molecular flexibility index (Phi) is 18.6. The van der Waals surface area contributed by atoms with Crippen molar-refractivity contribution < 1.29 is 28.5 Å². The maximum Gasteiger partial charge on any atom is 0.343 e. The number of nitriles is 1. The highest BCUT2D eigenvalue weighted by atomic mass is 16.5. The number of carbonyl (C=O) groups is 2. The molecule has 0 radical (unpaired) electrons. The minimum atomic E-state index is -0.667. The summed E-state index contributed by atoms with van der Waals surface area (Å²) in [5, 5.41) is 9.96. The van der Waals surface area contributed by atoms with Crippen molar-refractivity contribution in [1.82, 2.24) is 0 Å². The molecule has 0 aliphatic rings. The molecule has 5 aromatic carbocycles. The molecule has 9 nitrogen and oxygen atoms in total. The van der Waals surface area contributed by atoms with Gasteiger partial charge in [0.2, 0.25) is 0 Å². The van der Waals surface area contributed by atoms with Crippen LogP contribution in [0.1, 0.15) is 128 Å². The summed E-state index contributed by atoms with van der Waals surface area (Å²) in [6.45, 7) is 5.86. The van der Waals surface area contributed by atoms with E-state index in [1.807, 2.05) is 54.6 Å². The molecule has 0 saturated heterocycles. The summed E-state index contributed by atoms with van der Waals surface area (Å²) >= 11 is 0. The molecule has 0 amide bonds. The van der Waals surface area contributed by atoms with Crippen molar-refractivity contribution in [1.29, 1.82) is 5.26 Å². The predicted octanol–water partition coefficient (Wildman–Crippen LogP) is 13.0. The molecule has 0 aliphatic carbocycles. The number of ether oxygens (including phenoxy) is 4. The van der Waals surface area contributed by atoms with Crippen LogP contribution in [-0.4, -0.2) is 37.6 Å². The molecule has 0 unspecified atom stereocenters. The summed E-state index contributed by atoms with van der Waals surface area (Å²) < 4.78 is 22.9. The Labute approximate surface area is 354 Å². The average Bonchev–Trinajstić information content (AvgIpc) is 3.28. The van der Waals surface area contributed by atoms with Crippen LogP contribution in [-0.2, 0) is 0 Å². The molecule has 310 valence electrons. The molecule has 5 rings (SSSR count). The van der Waals surface area contributed by atoms with Crippen molar-refractivity contribution in [2.24, 2.45) is 9.98 Å². The molecule has 60 heavy (non-hydrogen) atoms. The lowest BCUT2D eigenvalue weighted by Crippen LogP contribution is -2.12. The van der Waals surface area contributed by atoms with Gasteiger partial charge in [-0.3, -0.25) is 9.98 Å². The van der Waals surface area contributed by atoms with E-state index in [-0.39, 0.29) is 28.2 Å². The highest BCUT2D eigenvalue weighted by molar-refractivity contribution is 5.94. The van der Waals surface area contributed by atoms with Crippen LogP contribution >= 0.6 is 0 Å². The van der Waals surface area contributed by atoms with Gasteiger partial charge in [0.15, 0.2) is 11.5 Å². The minimum absolute atomic E-state index is 0.0261. The molecule has 0 N–H and O–H groups in total. The zero-order chi connectivity index (χ0) is 42.2. The second-order valence-corrected chi connectivity index (χ2v) is 14.5. The van der Waals surface area contributed by atoms with E-state index in [9.17, 15) is 14.9 Å². The van der Waals surface area contributed by atoms with E-state index in [4.69, 9.17) is 18.9 Å². The van der Waals surface area contributed by atoms with Crippen LogP contribution in [0.25, 0.3) is 0 Å². The van der Waals surface area contributed by atoms with Crippen LogP contribution in [0.15, 0.2) is 125 Å². The van der Waals surface area contributed by atoms with E-state index < -0.39 is 11.9 Å². The first-order valence-corrected chi connectivity index (χ1v) is 21.2. The van der Waals surface area contributed by atoms with E-state index in [0.717, 1.165) is 46.8 Å². The second kappa shape index (κ2) is 25.1. The van der Waals surface area contributed by atoms with Crippen molar-refractivity contribution in [2.75, 3.05) is 13.2 Å². The fraction of sp³-hybridized carbons (Fsp3) is 0.314. The van der Waals surface area contributed by atoms with Crippen LogP contribution in [0.5, 0.6) is 23.0 Å². The van der Waals surface area contributed by atoms with E-state index in [0.29, 0.717) is 13.2 Å². The molecule has 0 saturated carbocycles. The van der Waals surface area contributed by atoms with Crippen molar-refractivity contribution in [3.8, 4) is 29.1 Å². The number of esters is 2. The molecule has 0 fully saturated rings. The van der Waals surface area contributed by atoms with Crippen molar-refractivity contribution in [3.63, 3.8) is 0 Å². The summed E-state index contributed by atoms with van der Waals surface area (Å²) in [6.07, 6.45) is 18.1. The summed E-state index contributed by atoms with van der Waals surface area (Å²) in [5.74, 6) is 0.260. The fourth-order valence-electron chi connectivity index (χ4n) is 6.22. The average molecular weight is 806 g/mol. The number of hydrogen-bond donors (Lipinski definition) is 0. The number of hydrogen-bond acceptors (Lipinski definition) is 9. The van der Waals surface area contributed by atoms with Crippen LogP contribution in [0.4, 0.5) is 11.4 Å². The summed E-state index contributed by atoms with van der Waals surface area (Å²) in [7, 11) is 0. The SMILES string of the molecule is CCCCCCCCOc1ccc(N=Cc2ccc(C(=O)Oc3cccc(OC(=O)c4ccc(C=Nc5ccc(OCCCCCCCC)cc5)cc4)c3C#N)cc2)cc1. The monoisotopic (exact) mass is 805 g/mol. The second-order valence-electron chi connectivity index (χ2n) is 14.5. The van der Waals surface area contributed by atoms with Gasteiger partial charge in [0.1, 0.15) is 23.1 Å². The lowest BCUT2D eigenvalue weighted by atomic mass is 10.1. The topological polar surface area (TPSA) is 120 Å². The normalized spacial score (nSPS) is 11.1. The highest BCUT2D eigenvalue weighted by Gasteiger charge is 2.18. The predicted molar refractivity (Wildman–Crippen MR) is 239 cm³/mol. The lowest BCUT2D eigenvalue weighted by molar-refractivity contribution is 0.0731. The minimum Gasteiger partial charge on any atom is -0.494 e. The third kappa shape index (κ3) is 15.0. The Morgan fingerprint density at radius 3 is 1.28 bits per heavy atom. The van der Waals surface area contributed by atoms with Crippen LogP contribution in [0.2, 0.25) is 0 Å².